The maximum Gasteiger partial charge on any atom is 0.0504 e. The normalized spacial score (nSPS) is 15.1. The van der Waals surface area contributed by atoms with Crippen molar-refractivity contribution in [3.8, 4) is 0 Å². The molecule has 2 N–H and O–H groups in total. The second-order valence-corrected chi connectivity index (χ2v) is 5.85. The summed E-state index contributed by atoms with van der Waals surface area (Å²) in [7, 11) is -0.910. The van der Waals surface area contributed by atoms with Crippen LogP contribution in [0.3, 0.4) is 0 Å². The van der Waals surface area contributed by atoms with Gasteiger partial charge in [0.1, 0.15) is 0 Å². The van der Waals surface area contributed by atoms with Gasteiger partial charge in [0.05, 0.1) is 5.75 Å². The summed E-state index contributed by atoms with van der Waals surface area (Å²) in [5.74, 6) is 0.519. The number of aromatic nitrogens is 1. The third-order valence-electron chi connectivity index (χ3n) is 1.85. The lowest BCUT2D eigenvalue weighted by Crippen LogP contribution is -2.22. The lowest BCUT2D eigenvalue weighted by molar-refractivity contribution is 0.672. The Bertz CT molecular complexity index is 332. The van der Waals surface area contributed by atoms with E-state index in [4.69, 9.17) is 5.73 Å². The lowest BCUT2D eigenvalue weighted by Gasteiger charge is -2.08. The van der Waals surface area contributed by atoms with Gasteiger partial charge in [-0.2, -0.15) is 0 Å². The fourth-order valence-corrected chi connectivity index (χ4v) is 2.35. The van der Waals surface area contributed by atoms with Crippen molar-refractivity contribution in [1.82, 2.24) is 4.98 Å². The molecule has 0 fully saturated rings. The summed E-state index contributed by atoms with van der Waals surface area (Å²) in [6, 6.07) is 1.92. The van der Waals surface area contributed by atoms with E-state index in [1.807, 2.05) is 13.0 Å². The summed E-state index contributed by atoms with van der Waals surface area (Å²) >= 11 is 3.32. The molecule has 0 amide bonds. The van der Waals surface area contributed by atoms with Crippen LogP contribution in [0, 0.1) is 0 Å². The minimum Gasteiger partial charge on any atom is -0.329 e. The molecule has 2 unspecified atom stereocenters. The Balaban J connectivity index is 2.65. The van der Waals surface area contributed by atoms with Crippen molar-refractivity contribution >= 4 is 26.7 Å². The van der Waals surface area contributed by atoms with Gasteiger partial charge >= 0.3 is 0 Å². The van der Waals surface area contributed by atoms with Crippen molar-refractivity contribution in [3.05, 3.63) is 28.5 Å². The first kappa shape index (κ1) is 11.8. The lowest BCUT2D eigenvalue weighted by atomic mass is 10.3. The molecule has 0 aliphatic carbocycles. The van der Waals surface area contributed by atoms with Crippen LogP contribution < -0.4 is 5.73 Å². The van der Waals surface area contributed by atoms with Gasteiger partial charge in [-0.1, -0.05) is 0 Å². The zero-order chi connectivity index (χ0) is 10.6. The maximum absolute atomic E-state index is 11.6. The summed E-state index contributed by atoms with van der Waals surface area (Å²) in [6.45, 7) is 2.34. The highest BCUT2D eigenvalue weighted by atomic mass is 79.9. The van der Waals surface area contributed by atoms with Crippen LogP contribution in [-0.4, -0.2) is 21.0 Å². The Morgan fingerprint density at radius 3 is 2.93 bits per heavy atom. The van der Waals surface area contributed by atoms with E-state index >= 15 is 0 Å². The fourth-order valence-electron chi connectivity index (χ4n) is 0.949. The molecule has 0 saturated heterocycles. The number of halogens is 1. The zero-order valence-corrected chi connectivity index (χ0v) is 10.3. The van der Waals surface area contributed by atoms with Crippen molar-refractivity contribution in [2.45, 2.75) is 17.9 Å². The number of pyridine rings is 1. The molecule has 0 bridgehead atoms. The van der Waals surface area contributed by atoms with Gasteiger partial charge in [-0.15, -0.1) is 0 Å². The highest BCUT2D eigenvalue weighted by molar-refractivity contribution is 9.10. The van der Waals surface area contributed by atoms with Gasteiger partial charge in [-0.05, 0) is 34.5 Å². The van der Waals surface area contributed by atoms with Crippen LogP contribution in [0.5, 0.6) is 0 Å². The minimum absolute atomic E-state index is 0.0361. The maximum atomic E-state index is 11.6. The van der Waals surface area contributed by atoms with E-state index in [0.29, 0.717) is 12.3 Å². The summed E-state index contributed by atoms with van der Waals surface area (Å²) in [6.07, 6.45) is 3.44. The monoisotopic (exact) mass is 276 g/mol. The van der Waals surface area contributed by atoms with Gasteiger partial charge in [-0.3, -0.25) is 9.19 Å². The van der Waals surface area contributed by atoms with Crippen LogP contribution >= 0.6 is 15.9 Å². The molecule has 2 atom stereocenters. The summed E-state index contributed by atoms with van der Waals surface area (Å²) in [4.78, 5) is 4.01. The second kappa shape index (κ2) is 5.58. The first-order valence-corrected chi connectivity index (χ1v) is 6.47. The predicted octanol–water partition coefficient (Wildman–Crippen LogP) is 1.44. The largest absolute Gasteiger partial charge is 0.329 e. The Kier molecular flexibility index (Phi) is 4.71. The van der Waals surface area contributed by atoms with Crippen LogP contribution in [0.4, 0.5) is 0 Å². The summed E-state index contributed by atoms with van der Waals surface area (Å²) in [5, 5.41) is 0.0361. The van der Waals surface area contributed by atoms with Crippen LogP contribution in [0.15, 0.2) is 22.9 Å². The average Bonchev–Trinajstić information content (AvgIpc) is 2.16. The molecule has 0 aliphatic rings. The Hall–Kier alpha value is -0.260. The topological polar surface area (TPSA) is 56.0 Å². The molecular formula is C9H13BrN2OS. The van der Waals surface area contributed by atoms with Gasteiger partial charge < -0.3 is 5.73 Å². The molecule has 0 radical (unpaired) electrons. The SMILES string of the molecule is CC(CN)S(=O)Cc1cncc(Br)c1. The van der Waals surface area contributed by atoms with Crippen LogP contribution in [0.1, 0.15) is 12.5 Å². The highest BCUT2D eigenvalue weighted by Gasteiger charge is 2.09. The average molecular weight is 277 g/mol. The highest BCUT2D eigenvalue weighted by Crippen LogP contribution is 2.12. The van der Waals surface area contributed by atoms with Crippen LogP contribution in [0.25, 0.3) is 0 Å². The molecular weight excluding hydrogens is 264 g/mol. The van der Waals surface area contributed by atoms with Crippen molar-refractivity contribution in [2.24, 2.45) is 5.73 Å². The van der Waals surface area contributed by atoms with E-state index in [1.165, 1.54) is 0 Å². The Morgan fingerprint density at radius 1 is 1.64 bits per heavy atom. The smallest absolute Gasteiger partial charge is 0.0504 e. The molecule has 78 valence electrons. The second-order valence-electron chi connectivity index (χ2n) is 3.08. The third-order valence-corrected chi connectivity index (χ3v) is 3.99. The van der Waals surface area contributed by atoms with E-state index in [2.05, 4.69) is 20.9 Å². The molecule has 0 spiro atoms. The standard InChI is InChI=1S/C9H13BrN2OS/c1-7(3-11)14(13)6-8-2-9(10)5-12-4-8/h2,4-5,7H,3,6,11H2,1H3. The van der Waals surface area contributed by atoms with Crippen molar-refractivity contribution < 1.29 is 4.21 Å². The molecule has 1 aromatic rings. The molecule has 1 aromatic heterocycles. The molecule has 0 aliphatic heterocycles. The molecule has 1 heterocycles. The number of nitrogens with two attached hydrogens (primary N) is 1. The van der Waals surface area contributed by atoms with Gasteiger partial charge in [0.25, 0.3) is 0 Å². The number of nitrogens with zero attached hydrogens (tertiary/aromatic N) is 1. The number of hydrogen-bond acceptors (Lipinski definition) is 3. The van der Waals surface area contributed by atoms with Gasteiger partial charge in [0.2, 0.25) is 0 Å². The van der Waals surface area contributed by atoms with Crippen molar-refractivity contribution in [1.29, 1.82) is 0 Å². The van der Waals surface area contributed by atoms with Crippen molar-refractivity contribution in [2.75, 3.05) is 6.54 Å². The van der Waals surface area contributed by atoms with Gasteiger partial charge in [-0.25, -0.2) is 0 Å². The first-order chi connectivity index (χ1) is 6.63. The van der Waals surface area contributed by atoms with Crippen LogP contribution in [-0.2, 0) is 16.6 Å². The molecule has 5 heteroatoms. The molecule has 1 rings (SSSR count). The quantitative estimate of drug-likeness (QED) is 0.906. The van der Waals surface area contributed by atoms with E-state index < -0.39 is 10.8 Å². The molecule has 3 nitrogen and oxygen atoms in total. The van der Waals surface area contributed by atoms with E-state index in [1.54, 1.807) is 12.4 Å². The van der Waals surface area contributed by atoms with Gasteiger partial charge in [0.15, 0.2) is 0 Å². The third kappa shape index (κ3) is 3.48. The first-order valence-electron chi connectivity index (χ1n) is 4.30. The van der Waals surface area contributed by atoms with Crippen LogP contribution in [0.2, 0.25) is 0 Å². The molecule has 0 aromatic carbocycles. The van der Waals surface area contributed by atoms with Crippen molar-refractivity contribution in [3.63, 3.8) is 0 Å². The predicted molar refractivity (Wildman–Crippen MR) is 62.3 cm³/mol. The van der Waals surface area contributed by atoms with E-state index in [0.717, 1.165) is 10.0 Å². The fraction of sp³-hybridized carbons (Fsp3) is 0.444. The summed E-state index contributed by atoms with van der Waals surface area (Å²) < 4.78 is 12.6. The Morgan fingerprint density at radius 2 is 2.36 bits per heavy atom. The van der Waals surface area contributed by atoms with E-state index in [-0.39, 0.29) is 5.25 Å². The van der Waals surface area contributed by atoms with E-state index in [9.17, 15) is 4.21 Å². The zero-order valence-electron chi connectivity index (χ0n) is 7.94. The Labute approximate surface area is 94.7 Å². The summed E-state index contributed by atoms with van der Waals surface area (Å²) in [5.41, 5.74) is 6.41. The number of hydrogen-bond donors (Lipinski definition) is 1. The molecule has 0 saturated carbocycles. The molecule has 14 heavy (non-hydrogen) atoms. The minimum atomic E-state index is -0.910. The van der Waals surface area contributed by atoms with Gasteiger partial charge in [0, 0.05) is 39.5 Å². The number of rotatable bonds is 4.